The topological polar surface area (TPSA) is 53.6 Å². The first-order valence-electron chi connectivity index (χ1n) is 6.39. The maximum absolute atomic E-state index is 4.42. The fourth-order valence-corrected chi connectivity index (χ4v) is 2.46. The van der Waals surface area contributed by atoms with E-state index in [9.17, 15) is 0 Å². The summed E-state index contributed by atoms with van der Waals surface area (Å²) in [5.74, 6) is 0.853. The van der Waals surface area contributed by atoms with Gasteiger partial charge in [-0.15, -0.1) is 0 Å². The highest BCUT2D eigenvalue weighted by molar-refractivity contribution is 9.10. The van der Waals surface area contributed by atoms with Gasteiger partial charge in [0, 0.05) is 27.3 Å². The third-order valence-corrected chi connectivity index (χ3v) is 4.38. The minimum atomic E-state index is 0.853. The lowest BCUT2D eigenvalue weighted by Crippen LogP contribution is -1.95. The monoisotopic (exact) mass is 330 g/mol. The Kier molecular flexibility index (Phi) is 3.22. The first-order chi connectivity index (χ1) is 9.56. The summed E-state index contributed by atoms with van der Waals surface area (Å²) < 4.78 is 1.08. The molecule has 102 valence electrons. The summed E-state index contributed by atoms with van der Waals surface area (Å²) in [6, 6.07) is 6.13. The number of benzene rings is 1. The number of pyridine rings is 1. The van der Waals surface area contributed by atoms with E-state index in [1.54, 1.807) is 0 Å². The minimum Gasteiger partial charge on any atom is -0.338 e. The molecule has 0 saturated carbocycles. The number of hydrogen-bond donors (Lipinski definition) is 2. The second-order valence-corrected chi connectivity index (χ2v) is 5.78. The van der Waals surface area contributed by atoms with Gasteiger partial charge in [-0.25, -0.2) is 0 Å². The first-order valence-corrected chi connectivity index (χ1v) is 7.19. The van der Waals surface area contributed by atoms with Crippen LogP contribution in [-0.4, -0.2) is 15.2 Å². The summed E-state index contributed by atoms with van der Waals surface area (Å²) >= 11 is 3.58. The number of aromatic nitrogens is 3. The molecule has 2 heterocycles. The summed E-state index contributed by atoms with van der Waals surface area (Å²) in [7, 11) is 0. The van der Waals surface area contributed by atoms with E-state index in [0.29, 0.717) is 0 Å². The van der Waals surface area contributed by atoms with Crippen molar-refractivity contribution in [3.8, 4) is 0 Å². The smallest absolute Gasteiger partial charge is 0.155 e. The summed E-state index contributed by atoms with van der Waals surface area (Å²) in [4.78, 5) is 4.42. The third-order valence-electron chi connectivity index (χ3n) is 3.53. The number of nitrogens with zero attached hydrogens (tertiary/aromatic N) is 2. The second-order valence-electron chi connectivity index (χ2n) is 4.92. The molecule has 0 atom stereocenters. The van der Waals surface area contributed by atoms with Crippen LogP contribution in [0.3, 0.4) is 0 Å². The normalized spacial score (nSPS) is 11.0. The average Bonchev–Trinajstić information content (AvgIpc) is 2.73. The predicted octanol–water partition coefficient (Wildman–Crippen LogP) is 4.39. The van der Waals surface area contributed by atoms with Crippen molar-refractivity contribution in [1.29, 1.82) is 0 Å². The van der Waals surface area contributed by atoms with Crippen LogP contribution in [0.4, 0.5) is 11.5 Å². The minimum absolute atomic E-state index is 0.853. The van der Waals surface area contributed by atoms with Crippen molar-refractivity contribution in [2.75, 3.05) is 5.32 Å². The van der Waals surface area contributed by atoms with Gasteiger partial charge in [0.05, 0.1) is 11.2 Å². The number of hydrogen-bond acceptors (Lipinski definition) is 3. The average molecular weight is 331 g/mol. The van der Waals surface area contributed by atoms with E-state index in [0.717, 1.165) is 38.1 Å². The predicted molar refractivity (Wildman–Crippen MR) is 85.5 cm³/mol. The van der Waals surface area contributed by atoms with Crippen molar-refractivity contribution in [3.63, 3.8) is 0 Å². The molecule has 20 heavy (non-hydrogen) atoms. The Bertz CT molecular complexity index is 792. The lowest BCUT2D eigenvalue weighted by atomic mass is 10.1. The maximum Gasteiger partial charge on any atom is 0.155 e. The van der Waals surface area contributed by atoms with E-state index in [2.05, 4.69) is 55.5 Å². The molecule has 0 unspecified atom stereocenters. The van der Waals surface area contributed by atoms with Crippen LogP contribution in [0.5, 0.6) is 0 Å². The Morgan fingerprint density at radius 2 is 2.00 bits per heavy atom. The quantitative estimate of drug-likeness (QED) is 0.732. The van der Waals surface area contributed by atoms with Crippen molar-refractivity contribution < 1.29 is 0 Å². The SMILES string of the molecule is Cc1cc2nccc(Nc3n[nH]c(C)c3C)c2cc1Br. The summed E-state index contributed by atoms with van der Waals surface area (Å²) in [6.45, 7) is 6.12. The first kappa shape index (κ1) is 13.1. The molecule has 5 heteroatoms. The van der Waals surface area contributed by atoms with Gasteiger partial charge in [0.1, 0.15) is 0 Å². The van der Waals surface area contributed by atoms with E-state index in [1.165, 1.54) is 5.56 Å². The summed E-state index contributed by atoms with van der Waals surface area (Å²) in [5.41, 5.74) is 5.35. The van der Waals surface area contributed by atoms with Crippen molar-refractivity contribution in [2.45, 2.75) is 20.8 Å². The Balaban J connectivity index is 2.12. The zero-order valence-corrected chi connectivity index (χ0v) is 13.2. The number of rotatable bonds is 2. The molecule has 0 bridgehead atoms. The molecule has 0 radical (unpaired) electrons. The third kappa shape index (κ3) is 2.18. The zero-order chi connectivity index (χ0) is 14.3. The molecule has 1 aromatic carbocycles. The van der Waals surface area contributed by atoms with Gasteiger partial charge in [-0.05, 0) is 44.5 Å². The van der Waals surface area contributed by atoms with Gasteiger partial charge in [0.2, 0.25) is 0 Å². The molecule has 0 amide bonds. The molecule has 3 aromatic rings. The van der Waals surface area contributed by atoms with Crippen LogP contribution < -0.4 is 5.32 Å². The number of aromatic amines is 1. The van der Waals surface area contributed by atoms with E-state index in [-0.39, 0.29) is 0 Å². The van der Waals surface area contributed by atoms with Gasteiger partial charge in [-0.1, -0.05) is 15.9 Å². The molecular formula is C15H15BrN4. The van der Waals surface area contributed by atoms with E-state index in [1.807, 2.05) is 26.1 Å². The molecule has 0 fully saturated rings. The molecule has 0 saturated heterocycles. The van der Waals surface area contributed by atoms with Crippen molar-refractivity contribution in [3.05, 3.63) is 45.7 Å². The molecule has 0 spiro atoms. The van der Waals surface area contributed by atoms with Crippen LogP contribution in [0, 0.1) is 20.8 Å². The van der Waals surface area contributed by atoms with Gasteiger partial charge < -0.3 is 5.32 Å². The molecular weight excluding hydrogens is 316 g/mol. The zero-order valence-electron chi connectivity index (χ0n) is 11.6. The Morgan fingerprint density at radius 3 is 2.70 bits per heavy atom. The lowest BCUT2D eigenvalue weighted by molar-refractivity contribution is 1.05. The largest absolute Gasteiger partial charge is 0.338 e. The van der Waals surface area contributed by atoms with Crippen LogP contribution in [0.15, 0.2) is 28.9 Å². The van der Waals surface area contributed by atoms with Crippen LogP contribution in [-0.2, 0) is 0 Å². The molecule has 4 nitrogen and oxygen atoms in total. The van der Waals surface area contributed by atoms with Gasteiger partial charge in [0.25, 0.3) is 0 Å². The van der Waals surface area contributed by atoms with Crippen LogP contribution >= 0.6 is 15.9 Å². The van der Waals surface area contributed by atoms with Gasteiger partial charge in [-0.3, -0.25) is 10.1 Å². The number of nitrogens with one attached hydrogen (secondary N) is 2. The molecule has 2 aromatic heterocycles. The highest BCUT2D eigenvalue weighted by Gasteiger charge is 2.09. The van der Waals surface area contributed by atoms with E-state index >= 15 is 0 Å². The molecule has 2 N–H and O–H groups in total. The van der Waals surface area contributed by atoms with E-state index < -0.39 is 0 Å². The second kappa shape index (κ2) is 4.90. The van der Waals surface area contributed by atoms with Gasteiger partial charge in [0.15, 0.2) is 5.82 Å². The number of halogens is 1. The molecule has 0 aliphatic heterocycles. The molecule has 0 aliphatic rings. The summed E-state index contributed by atoms with van der Waals surface area (Å²) in [5, 5.41) is 11.7. The Morgan fingerprint density at radius 1 is 1.20 bits per heavy atom. The van der Waals surface area contributed by atoms with Gasteiger partial charge >= 0.3 is 0 Å². The maximum atomic E-state index is 4.42. The van der Waals surface area contributed by atoms with Crippen molar-refractivity contribution in [2.24, 2.45) is 0 Å². The van der Waals surface area contributed by atoms with Crippen molar-refractivity contribution in [1.82, 2.24) is 15.2 Å². The van der Waals surface area contributed by atoms with Crippen LogP contribution in [0.25, 0.3) is 10.9 Å². The van der Waals surface area contributed by atoms with Gasteiger partial charge in [-0.2, -0.15) is 5.10 Å². The number of H-pyrrole nitrogens is 1. The number of anilines is 2. The fraction of sp³-hybridized carbons (Fsp3) is 0.200. The highest BCUT2D eigenvalue weighted by Crippen LogP contribution is 2.30. The molecule has 3 rings (SSSR count). The van der Waals surface area contributed by atoms with Crippen LogP contribution in [0.1, 0.15) is 16.8 Å². The highest BCUT2D eigenvalue weighted by atomic mass is 79.9. The number of fused-ring (bicyclic) bond motifs is 1. The Labute approximate surface area is 125 Å². The van der Waals surface area contributed by atoms with Crippen molar-refractivity contribution >= 4 is 38.3 Å². The fourth-order valence-electron chi connectivity index (χ4n) is 2.11. The number of aryl methyl sites for hydroxylation is 2. The summed E-state index contributed by atoms with van der Waals surface area (Å²) in [6.07, 6.45) is 1.81. The molecule has 0 aliphatic carbocycles. The Hall–Kier alpha value is -1.88. The lowest BCUT2D eigenvalue weighted by Gasteiger charge is -2.09. The van der Waals surface area contributed by atoms with Crippen LogP contribution in [0.2, 0.25) is 0 Å². The van der Waals surface area contributed by atoms with E-state index in [4.69, 9.17) is 0 Å². The standard InChI is InChI=1S/C15H15BrN4/c1-8-6-14-11(7-12(8)16)13(4-5-17-14)18-15-9(2)10(3)19-20-15/h4-7H,1-3H3,(H2,17,18,19,20).